The lowest BCUT2D eigenvalue weighted by molar-refractivity contribution is -0.141. The van der Waals surface area contributed by atoms with Crippen molar-refractivity contribution in [2.75, 3.05) is 0 Å². The van der Waals surface area contributed by atoms with Gasteiger partial charge in [-0.1, -0.05) is 11.8 Å². The molecule has 0 aliphatic heterocycles. The molecule has 188 valence electrons. The third-order valence-corrected chi connectivity index (χ3v) is 4.82. The second kappa shape index (κ2) is 12.7. The predicted molar refractivity (Wildman–Crippen MR) is 124 cm³/mol. The van der Waals surface area contributed by atoms with Gasteiger partial charge in [-0.15, -0.1) is 0 Å². The van der Waals surface area contributed by atoms with Crippen molar-refractivity contribution in [3.63, 3.8) is 0 Å². The van der Waals surface area contributed by atoms with Crippen molar-refractivity contribution in [2.45, 2.75) is 31.5 Å². The molecule has 4 amide bonds. The van der Waals surface area contributed by atoms with E-state index in [1.54, 1.807) is 24.3 Å². The molecule has 0 fully saturated rings. The molecule has 0 heterocycles. The van der Waals surface area contributed by atoms with Crippen molar-refractivity contribution in [2.24, 2.45) is 5.73 Å². The second-order valence-corrected chi connectivity index (χ2v) is 7.61. The van der Waals surface area contributed by atoms with Gasteiger partial charge in [-0.05, 0) is 55.5 Å². The molecule has 0 saturated heterocycles. The number of hydrogen-bond acceptors (Lipinski definition) is 7. The van der Waals surface area contributed by atoms with Crippen LogP contribution in [0.25, 0.3) is 0 Å². The lowest BCUT2D eigenvalue weighted by Gasteiger charge is -2.19. The van der Waals surface area contributed by atoms with E-state index in [4.69, 9.17) is 16.0 Å². The van der Waals surface area contributed by atoms with Crippen LogP contribution in [0.5, 0.6) is 0 Å². The smallest absolute Gasteiger partial charge is 0.326 e. The minimum absolute atomic E-state index is 0.164. The van der Waals surface area contributed by atoms with Crippen LogP contribution in [0.1, 0.15) is 45.2 Å². The summed E-state index contributed by atoms with van der Waals surface area (Å²) in [6, 6.07) is 9.27. The lowest BCUT2D eigenvalue weighted by Crippen LogP contribution is -2.51. The van der Waals surface area contributed by atoms with Crippen molar-refractivity contribution >= 4 is 29.6 Å². The van der Waals surface area contributed by atoms with E-state index in [1.807, 2.05) is 0 Å². The van der Waals surface area contributed by atoms with Crippen molar-refractivity contribution in [1.82, 2.24) is 16.1 Å². The third-order valence-electron chi connectivity index (χ3n) is 4.82. The van der Waals surface area contributed by atoms with Crippen LogP contribution in [-0.2, 0) is 14.4 Å². The maximum Gasteiger partial charge on any atom is 0.326 e. The molecule has 8 N–H and O–H groups in total. The fraction of sp³-hybridized carbons (Fsp3) is 0.208. The highest BCUT2D eigenvalue weighted by atomic mass is 16.5. The number of hydroxylamine groups is 1. The summed E-state index contributed by atoms with van der Waals surface area (Å²) in [4.78, 5) is 58.2. The maximum atomic E-state index is 12.3. The van der Waals surface area contributed by atoms with Crippen LogP contribution in [0.15, 0.2) is 48.5 Å². The van der Waals surface area contributed by atoms with E-state index in [0.717, 1.165) is 0 Å². The van der Waals surface area contributed by atoms with Crippen molar-refractivity contribution < 1.29 is 39.4 Å². The zero-order valence-corrected chi connectivity index (χ0v) is 19.0. The van der Waals surface area contributed by atoms with E-state index in [2.05, 4.69) is 22.5 Å². The van der Waals surface area contributed by atoms with Gasteiger partial charge in [0.2, 0.25) is 5.91 Å². The fourth-order valence-electron chi connectivity index (χ4n) is 2.90. The summed E-state index contributed by atoms with van der Waals surface area (Å²) >= 11 is 0. The number of carboxylic acids is 1. The Hall–Kier alpha value is -4.73. The molecule has 0 aromatic heterocycles. The Labute approximate surface area is 205 Å². The highest BCUT2D eigenvalue weighted by Crippen LogP contribution is 2.08. The first-order chi connectivity index (χ1) is 17.0. The highest BCUT2D eigenvalue weighted by Gasteiger charge is 2.26. The number of hydrogen-bond donors (Lipinski definition) is 7. The summed E-state index contributed by atoms with van der Waals surface area (Å²) in [6.07, 6.45) is -1.78. The Bertz CT molecular complexity index is 1200. The summed E-state index contributed by atoms with van der Waals surface area (Å²) in [7, 11) is 0. The van der Waals surface area contributed by atoms with Crippen LogP contribution in [0, 0.1) is 11.8 Å². The molecule has 2 aromatic carbocycles. The normalized spacial score (nSPS) is 12.6. The maximum absolute atomic E-state index is 12.3. The van der Waals surface area contributed by atoms with Gasteiger partial charge in [0.15, 0.2) is 0 Å². The number of aliphatic carboxylic acids is 1. The van der Waals surface area contributed by atoms with Crippen LogP contribution < -0.4 is 21.8 Å². The van der Waals surface area contributed by atoms with Gasteiger partial charge in [-0.2, -0.15) is 0 Å². The first-order valence-corrected chi connectivity index (χ1v) is 10.5. The molecule has 1 unspecified atom stereocenters. The number of nitrogens with two attached hydrogens (primary N) is 1. The molecule has 0 spiro atoms. The summed E-state index contributed by atoms with van der Waals surface area (Å²) < 4.78 is 0. The molecule has 0 aliphatic rings. The molecule has 2 rings (SSSR count). The van der Waals surface area contributed by atoms with E-state index in [1.165, 1.54) is 36.7 Å². The van der Waals surface area contributed by atoms with Gasteiger partial charge in [-0.25, -0.2) is 10.3 Å². The number of rotatable bonds is 9. The molecule has 0 saturated carbocycles. The predicted octanol–water partition coefficient (Wildman–Crippen LogP) is -0.871. The quantitative estimate of drug-likeness (QED) is 0.131. The van der Waals surface area contributed by atoms with Crippen LogP contribution in [0.2, 0.25) is 0 Å². The number of amides is 4. The zero-order valence-electron chi connectivity index (χ0n) is 19.0. The van der Waals surface area contributed by atoms with Crippen LogP contribution in [-0.4, -0.2) is 63.2 Å². The summed E-state index contributed by atoms with van der Waals surface area (Å²) in [5.41, 5.74) is 7.85. The molecule has 0 aliphatic carbocycles. The third kappa shape index (κ3) is 7.94. The molecule has 2 aromatic rings. The van der Waals surface area contributed by atoms with Crippen LogP contribution in [0.3, 0.4) is 0 Å². The van der Waals surface area contributed by atoms with E-state index >= 15 is 0 Å². The number of carboxylic acid groups (broad SMARTS) is 1. The Morgan fingerprint density at radius 2 is 1.31 bits per heavy atom. The van der Waals surface area contributed by atoms with Crippen molar-refractivity contribution in [1.29, 1.82) is 0 Å². The van der Waals surface area contributed by atoms with Crippen LogP contribution in [0.4, 0.5) is 0 Å². The number of aliphatic hydroxyl groups is 1. The van der Waals surface area contributed by atoms with Gasteiger partial charge in [0.05, 0.1) is 12.5 Å². The number of aliphatic hydroxyl groups excluding tert-OH is 1. The monoisotopic (exact) mass is 496 g/mol. The largest absolute Gasteiger partial charge is 0.480 e. The number of primary amides is 1. The Balaban J connectivity index is 2.04. The SMILES string of the molecule is C[C@@H](O)[C@H](NC(=O)c1ccc(C#Cc2ccc(C(=O)NC(CC(N)=O)C(=O)O)cc2)cc1)C(=O)NO. The minimum atomic E-state index is -1.44. The van der Waals surface area contributed by atoms with E-state index in [0.29, 0.717) is 11.1 Å². The van der Waals surface area contributed by atoms with Gasteiger partial charge >= 0.3 is 5.97 Å². The molecule has 3 atom stereocenters. The van der Waals surface area contributed by atoms with Gasteiger partial charge in [0, 0.05) is 22.3 Å². The van der Waals surface area contributed by atoms with E-state index in [-0.39, 0.29) is 11.1 Å². The van der Waals surface area contributed by atoms with Gasteiger partial charge in [0.1, 0.15) is 12.1 Å². The lowest BCUT2D eigenvalue weighted by atomic mass is 10.1. The topological polar surface area (TPSA) is 208 Å². The number of carbonyl (C=O) groups is 5. The van der Waals surface area contributed by atoms with E-state index < -0.39 is 54.2 Å². The van der Waals surface area contributed by atoms with Gasteiger partial charge < -0.3 is 26.6 Å². The van der Waals surface area contributed by atoms with Gasteiger partial charge in [-0.3, -0.25) is 24.4 Å². The fourth-order valence-corrected chi connectivity index (χ4v) is 2.90. The Morgan fingerprint density at radius 1 is 0.861 bits per heavy atom. The standard InChI is InChI=1S/C24H24N4O8/c1-13(29)20(23(33)28-36)27-22(32)17-10-6-15(7-11-17)3-2-14-4-8-16(9-5-14)21(31)26-18(24(34)35)12-19(25)30/h4-11,13,18,20,29,36H,12H2,1H3,(H2,25,30)(H,26,31)(H,27,32)(H,28,33)(H,34,35)/t13-,18?,20+/m1/s1. The average Bonchev–Trinajstić information content (AvgIpc) is 2.85. The Kier molecular flexibility index (Phi) is 9.67. The molecule has 0 radical (unpaired) electrons. The second-order valence-electron chi connectivity index (χ2n) is 7.61. The molecule has 12 nitrogen and oxygen atoms in total. The number of benzene rings is 2. The molecule has 12 heteroatoms. The first kappa shape index (κ1) is 27.5. The van der Waals surface area contributed by atoms with E-state index in [9.17, 15) is 29.1 Å². The first-order valence-electron chi connectivity index (χ1n) is 10.5. The number of carbonyl (C=O) groups excluding carboxylic acids is 4. The summed E-state index contributed by atoms with van der Waals surface area (Å²) in [5.74, 6) is 1.23. The minimum Gasteiger partial charge on any atom is -0.480 e. The molecular weight excluding hydrogens is 472 g/mol. The van der Waals surface area contributed by atoms with Crippen molar-refractivity contribution in [3.8, 4) is 11.8 Å². The summed E-state index contributed by atoms with van der Waals surface area (Å²) in [6.45, 7) is 1.29. The average molecular weight is 496 g/mol. The molecule has 0 bridgehead atoms. The summed E-state index contributed by atoms with van der Waals surface area (Å²) in [5, 5.41) is 31.9. The Morgan fingerprint density at radius 3 is 1.67 bits per heavy atom. The number of nitrogens with one attached hydrogen (secondary N) is 3. The molecular formula is C24H24N4O8. The van der Waals surface area contributed by atoms with Crippen molar-refractivity contribution in [3.05, 3.63) is 70.8 Å². The zero-order chi connectivity index (χ0) is 26.8. The van der Waals surface area contributed by atoms with Crippen LogP contribution >= 0.6 is 0 Å². The van der Waals surface area contributed by atoms with Gasteiger partial charge in [0.25, 0.3) is 17.7 Å². The molecule has 36 heavy (non-hydrogen) atoms. The highest BCUT2D eigenvalue weighted by molar-refractivity contribution is 5.98.